The summed E-state index contributed by atoms with van der Waals surface area (Å²) < 4.78 is 33.4. The van der Waals surface area contributed by atoms with E-state index in [9.17, 15) is 15.0 Å². The molecule has 6 rings (SSSR count). The van der Waals surface area contributed by atoms with E-state index in [2.05, 4.69) is 56.8 Å². The molecule has 11 nitrogen and oxygen atoms in total. The van der Waals surface area contributed by atoms with E-state index in [1.807, 2.05) is 23.1 Å². The van der Waals surface area contributed by atoms with Gasteiger partial charge in [-0.15, -0.1) is 18.3 Å². The fraction of sp³-hybridized carbons (Fsp3) is 0.679. The Bertz CT molecular complexity index is 1840. The van der Waals surface area contributed by atoms with Crippen molar-refractivity contribution in [3.05, 3.63) is 78.4 Å². The third kappa shape index (κ3) is 15.0. The number of carbonyl (C=O) groups is 1. The molecule has 0 spiro atoms. The number of carbonyl (C=O) groups excluding carboxylic acids is 1. The normalized spacial score (nSPS) is 24.6. The second-order valence-electron chi connectivity index (χ2n) is 19.2. The largest absolute Gasteiger partial charge is 0.493 e. The molecular formula is C56H84N2O9S. The van der Waals surface area contributed by atoms with Gasteiger partial charge in [0, 0.05) is 54.7 Å². The summed E-state index contributed by atoms with van der Waals surface area (Å²) in [5.41, 5.74) is 2.80. The summed E-state index contributed by atoms with van der Waals surface area (Å²) in [5, 5.41) is 25.0. The Hall–Kier alpha value is -3.55. The molecular weight excluding hydrogens is 877 g/mol. The molecule has 0 aromatic heterocycles. The summed E-state index contributed by atoms with van der Waals surface area (Å²) >= 11 is 1.77. The van der Waals surface area contributed by atoms with Crippen LogP contribution in [0.25, 0.3) is 0 Å². The Balaban J connectivity index is 1.38. The van der Waals surface area contributed by atoms with Gasteiger partial charge in [0.1, 0.15) is 17.5 Å². The summed E-state index contributed by atoms with van der Waals surface area (Å²) in [5.74, 6) is 0.600. The zero-order chi connectivity index (χ0) is 47.8. The van der Waals surface area contributed by atoms with Gasteiger partial charge in [0.05, 0.1) is 38.1 Å². The van der Waals surface area contributed by atoms with Gasteiger partial charge in [0.2, 0.25) is 12.1 Å². The number of hydrogen-bond acceptors (Lipinski definition) is 11. The number of rotatable bonds is 32. The molecule has 2 heterocycles. The van der Waals surface area contributed by atoms with Gasteiger partial charge in [0.25, 0.3) is 0 Å². The molecule has 1 unspecified atom stereocenters. The molecule has 2 aromatic rings. The van der Waals surface area contributed by atoms with Crippen LogP contribution < -0.4 is 9.47 Å². The van der Waals surface area contributed by atoms with Crippen LogP contribution in [0.2, 0.25) is 0 Å². The molecule has 1 saturated carbocycles. The average molecular weight is 961 g/mol. The molecule has 68 heavy (non-hydrogen) atoms. The van der Waals surface area contributed by atoms with Gasteiger partial charge in [-0.3, -0.25) is 4.90 Å². The molecule has 4 aliphatic rings. The van der Waals surface area contributed by atoms with Gasteiger partial charge in [-0.25, -0.2) is 4.79 Å². The van der Waals surface area contributed by atoms with Crippen LogP contribution in [-0.4, -0.2) is 97.0 Å². The summed E-state index contributed by atoms with van der Waals surface area (Å²) in [4.78, 5) is 24.1. The maximum absolute atomic E-state index is 14.7. The quantitative estimate of drug-likeness (QED) is 0.0316. The Labute approximate surface area is 412 Å². The minimum Gasteiger partial charge on any atom is -0.493 e. The fourth-order valence-corrected chi connectivity index (χ4v) is 11.7. The number of hydrogen-bond donors (Lipinski definition) is 2. The monoisotopic (exact) mass is 961 g/mol. The Kier molecular flexibility index (Phi) is 23.4. The van der Waals surface area contributed by atoms with Crippen LogP contribution in [0.3, 0.4) is 0 Å². The van der Waals surface area contributed by atoms with E-state index in [0.29, 0.717) is 57.8 Å². The number of nitrogens with zero attached hydrogens (tertiary/aromatic N) is 2. The Morgan fingerprint density at radius 2 is 1.65 bits per heavy atom. The van der Waals surface area contributed by atoms with Crippen molar-refractivity contribution in [2.24, 2.45) is 22.9 Å². The Morgan fingerprint density at radius 3 is 2.35 bits per heavy atom. The van der Waals surface area contributed by atoms with Gasteiger partial charge in [-0.2, -0.15) is 0 Å². The highest BCUT2D eigenvalue weighted by molar-refractivity contribution is 7.99. The number of allylic oxidation sites excluding steroid dienone is 1. The van der Waals surface area contributed by atoms with Crippen molar-refractivity contribution in [2.45, 2.75) is 178 Å². The third-order valence-electron chi connectivity index (χ3n) is 14.2. The number of benzene rings is 2. The predicted molar refractivity (Wildman–Crippen MR) is 272 cm³/mol. The summed E-state index contributed by atoms with van der Waals surface area (Å²) in [6, 6.07) is 15.9. The number of thioether (sulfide) groups is 1. The van der Waals surface area contributed by atoms with Crippen molar-refractivity contribution in [3.8, 4) is 11.5 Å². The number of aliphatic hydroxyl groups excluding tert-OH is 2. The van der Waals surface area contributed by atoms with E-state index in [-0.39, 0.29) is 43.7 Å². The molecule has 2 aromatic carbocycles. The fourth-order valence-electron chi connectivity index (χ4n) is 10.9. The van der Waals surface area contributed by atoms with Crippen LogP contribution >= 0.6 is 11.8 Å². The molecule has 2 aliphatic heterocycles. The summed E-state index contributed by atoms with van der Waals surface area (Å²) in [7, 11) is 0. The van der Waals surface area contributed by atoms with E-state index >= 15 is 0 Å². The SMILES string of the molecule is C=CCO[C@@]12Oc3ccc(OCCSc4ccccc4)cc3[C@H]3[C@H](CCCCO)[C@@H](CCCCO)C=C(C(=NOC4CCCCO4)C[C@@H]1N(CCC)C(=O)OCCCCCCCCCCCC)[C@H]32. The minimum atomic E-state index is -1.34. The lowest BCUT2D eigenvalue weighted by molar-refractivity contribution is -0.255. The van der Waals surface area contributed by atoms with E-state index < -0.39 is 24.0 Å². The molecule has 7 atom stereocenters. The molecule has 2 aliphatic carbocycles. The van der Waals surface area contributed by atoms with Gasteiger partial charge in [-0.1, -0.05) is 120 Å². The number of amides is 1. The van der Waals surface area contributed by atoms with Gasteiger partial charge >= 0.3 is 6.09 Å². The lowest BCUT2D eigenvalue weighted by atomic mass is 9.55. The van der Waals surface area contributed by atoms with Crippen molar-refractivity contribution in [3.63, 3.8) is 0 Å². The molecule has 0 radical (unpaired) electrons. The van der Waals surface area contributed by atoms with E-state index in [4.69, 9.17) is 33.7 Å². The molecule has 2 N–H and O–H groups in total. The van der Waals surface area contributed by atoms with E-state index in [1.54, 1.807) is 17.8 Å². The number of ether oxygens (including phenoxy) is 5. The molecule has 378 valence electrons. The number of aliphatic hydroxyl groups is 2. The maximum Gasteiger partial charge on any atom is 0.410 e. The number of oxime groups is 1. The first-order valence-corrected chi connectivity index (χ1v) is 27.6. The molecule has 12 heteroatoms. The summed E-state index contributed by atoms with van der Waals surface area (Å²) in [6.45, 7) is 10.8. The van der Waals surface area contributed by atoms with Crippen LogP contribution in [-0.2, 0) is 19.0 Å². The standard InChI is InChI=1S/C56H84N2O9S/c1-4-7-8-9-10-11-12-13-14-23-37-64-55(61)58(32-5-2)51-42-49(57-67-52-29-20-24-36-63-52)47-40-43(25-18-21-33-59)46(28-19-22-34-60)53-48-41-44(62-38-39-68-45-26-16-15-17-27-45)30-31-50(48)66-56(51,54(47)53)65-35-6-3/h6,15-17,26-27,30-31,40-41,43,46,51-54,59-60H,3-5,7-14,18-25,28-29,32-39,42H2,1-2H3/t43-,46+,51-,52?,53+,54+,56+/m0/s1. The van der Waals surface area contributed by atoms with Gasteiger partial charge in [0.15, 0.2) is 0 Å². The van der Waals surface area contributed by atoms with Crippen LogP contribution in [0, 0.1) is 17.8 Å². The smallest absolute Gasteiger partial charge is 0.410 e. The van der Waals surface area contributed by atoms with Crippen LogP contribution in [0.5, 0.6) is 11.5 Å². The molecule has 1 saturated heterocycles. The van der Waals surface area contributed by atoms with Crippen molar-refractivity contribution >= 4 is 23.6 Å². The summed E-state index contributed by atoms with van der Waals surface area (Å²) in [6.07, 6.45) is 23.9. The number of unbranched alkanes of at least 4 members (excludes halogenated alkanes) is 11. The maximum atomic E-state index is 14.7. The highest BCUT2D eigenvalue weighted by Gasteiger charge is 2.65. The lowest BCUT2D eigenvalue weighted by Gasteiger charge is -2.60. The number of fused-ring (bicyclic) bond motifs is 2. The van der Waals surface area contributed by atoms with E-state index in [1.165, 1.54) is 49.8 Å². The first-order valence-electron chi connectivity index (χ1n) is 26.6. The molecule has 1 amide bonds. The van der Waals surface area contributed by atoms with Crippen molar-refractivity contribution in [1.29, 1.82) is 0 Å². The second kappa shape index (κ2) is 29.6. The first kappa shape index (κ1) is 53.8. The lowest BCUT2D eigenvalue weighted by Crippen LogP contribution is -2.70. The highest BCUT2D eigenvalue weighted by Crippen LogP contribution is 2.62. The van der Waals surface area contributed by atoms with Gasteiger partial charge in [-0.05, 0) is 99.1 Å². The zero-order valence-electron chi connectivity index (χ0n) is 41.5. The van der Waals surface area contributed by atoms with Crippen molar-refractivity contribution in [2.75, 3.05) is 51.9 Å². The van der Waals surface area contributed by atoms with Gasteiger partial charge < -0.3 is 38.7 Å². The predicted octanol–water partition coefficient (Wildman–Crippen LogP) is 12.8. The first-order chi connectivity index (χ1) is 33.5. The third-order valence-corrected chi connectivity index (χ3v) is 15.2. The topological polar surface area (TPSA) is 129 Å². The second-order valence-corrected chi connectivity index (χ2v) is 20.3. The Morgan fingerprint density at radius 1 is 0.897 bits per heavy atom. The highest BCUT2D eigenvalue weighted by atomic mass is 32.2. The van der Waals surface area contributed by atoms with E-state index in [0.717, 1.165) is 92.6 Å². The van der Waals surface area contributed by atoms with Crippen molar-refractivity contribution < 1.29 is 43.5 Å². The van der Waals surface area contributed by atoms with Crippen LogP contribution in [0.15, 0.2) is 82.9 Å². The van der Waals surface area contributed by atoms with Crippen molar-refractivity contribution in [1.82, 2.24) is 4.90 Å². The molecule has 0 bridgehead atoms. The zero-order valence-corrected chi connectivity index (χ0v) is 42.3. The molecule has 2 fully saturated rings. The average Bonchev–Trinajstić information content (AvgIpc) is 3.36. The van der Waals surface area contributed by atoms with Crippen LogP contribution in [0.4, 0.5) is 4.79 Å². The van der Waals surface area contributed by atoms with Crippen LogP contribution in [0.1, 0.15) is 160 Å². The minimum absolute atomic E-state index is 0.109.